The minimum absolute atomic E-state index is 0.211. The average Bonchev–Trinajstić information content (AvgIpc) is 2.88. The minimum atomic E-state index is -0.211. The predicted octanol–water partition coefficient (Wildman–Crippen LogP) is 3.41. The van der Waals surface area contributed by atoms with Crippen molar-refractivity contribution in [3.8, 4) is 0 Å². The van der Waals surface area contributed by atoms with Gasteiger partial charge in [0.15, 0.2) is 0 Å². The molecule has 0 N–H and O–H groups in total. The Kier molecular flexibility index (Phi) is 3.62. The molecule has 4 heteroatoms. The zero-order valence-electron chi connectivity index (χ0n) is 13.3. The Labute approximate surface area is 135 Å². The molecule has 0 amide bonds. The first-order valence-electron chi connectivity index (χ1n) is 8.10. The molecule has 0 saturated heterocycles. The van der Waals surface area contributed by atoms with Crippen LogP contribution < -0.4 is 0 Å². The second kappa shape index (κ2) is 5.78. The highest BCUT2D eigenvalue weighted by Gasteiger charge is 2.21. The molecule has 0 aliphatic carbocycles. The van der Waals surface area contributed by atoms with Crippen molar-refractivity contribution in [2.75, 3.05) is 13.6 Å². The Balaban J connectivity index is 1.74. The molecule has 0 saturated carbocycles. The van der Waals surface area contributed by atoms with E-state index in [1.807, 2.05) is 0 Å². The minimum Gasteiger partial charge on any atom is -0.344 e. The predicted molar refractivity (Wildman–Crippen MR) is 89.9 cm³/mol. The first-order valence-corrected chi connectivity index (χ1v) is 8.10. The molecular formula is C19H20FN3. The van der Waals surface area contributed by atoms with Gasteiger partial charge < -0.3 is 9.47 Å². The Hall–Kier alpha value is -2.20. The van der Waals surface area contributed by atoms with Crippen molar-refractivity contribution in [3.05, 3.63) is 65.4 Å². The lowest BCUT2D eigenvalue weighted by Crippen LogP contribution is -2.27. The van der Waals surface area contributed by atoms with Crippen LogP contribution in [-0.2, 0) is 25.9 Å². The number of likely N-dealkylation sites (N-methyl/N-ethyl adjacent to an activating group) is 1. The van der Waals surface area contributed by atoms with E-state index in [0.717, 1.165) is 31.6 Å². The molecule has 3 nitrogen and oxygen atoms in total. The van der Waals surface area contributed by atoms with E-state index in [1.54, 1.807) is 12.3 Å². The lowest BCUT2D eigenvalue weighted by molar-refractivity contribution is 0.309. The topological polar surface area (TPSA) is 21.1 Å². The largest absolute Gasteiger partial charge is 0.344 e. The van der Waals surface area contributed by atoms with Crippen molar-refractivity contribution >= 4 is 10.9 Å². The molecule has 0 bridgehead atoms. The van der Waals surface area contributed by atoms with Crippen molar-refractivity contribution in [3.63, 3.8) is 0 Å². The van der Waals surface area contributed by atoms with Crippen LogP contribution in [0.25, 0.3) is 10.9 Å². The number of para-hydroxylation sites is 1. The highest BCUT2D eigenvalue weighted by atomic mass is 19.1. The number of fused-ring (bicyclic) bond motifs is 3. The summed E-state index contributed by atoms with van der Waals surface area (Å²) in [5.74, 6) is -0.211. The van der Waals surface area contributed by atoms with Crippen molar-refractivity contribution in [2.24, 2.45) is 0 Å². The third-order valence-electron chi connectivity index (χ3n) is 4.81. The van der Waals surface area contributed by atoms with E-state index in [2.05, 4.69) is 45.8 Å². The van der Waals surface area contributed by atoms with E-state index < -0.39 is 0 Å². The van der Waals surface area contributed by atoms with Gasteiger partial charge >= 0.3 is 0 Å². The van der Waals surface area contributed by atoms with Gasteiger partial charge in [0.1, 0.15) is 5.82 Å². The molecule has 0 unspecified atom stereocenters. The zero-order valence-corrected chi connectivity index (χ0v) is 13.3. The number of nitrogens with zero attached hydrogens (tertiary/aromatic N) is 3. The highest BCUT2D eigenvalue weighted by Crippen LogP contribution is 2.30. The van der Waals surface area contributed by atoms with Crippen molar-refractivity contribution in [1.29, 1.82) is 0 Å². The number of hydrogen-bond donors (Lipinski definition) is 0. The second-order valence-corrected chi connectivity index (χ2v) is 6.30. The van der Waals surface area contributed by atoms with E-state index in [1.165, 1.54) is 28.4 Å². The molecule has 0 radical (unpaired) electrons. The van der Waals surface area contributed by atoms with Crippen LogP contribution in [0.2, 0.25) is 0 Å². The lowest BCUT2D eigenvalue weighted by Gasteiger charge is -2.24. The summed E-state index contributed by atoms with van der Waals surface area (Å²) in [6.07, 6.45) is 4.71. The van der Waals surface area contributed by atoms with Gasteiger partial charge in [-0.2, -0.15) is 0 Å². The third kappa shape index (κ3) is 2.53. The fraction of sp³-hybridized carbons (Fsp3) is 0.316. The molecule has 0 fully saturated rings. The maximum atomic E-state index is 13.8. The summed E-state index contributed by atoms with van der Waals surface area (Å²) in [6, 6.07) is 10.3. The van der Waals surface area contributed by atoms with Crippen molar-refractivity contribution in [2.45, 2.75) is 25.9 Å². The Morgan fingerprint density at radius 2 is 2.09 bits per heavy atom. The Morgan fingerprint density at radius 1 is 1.22 bits per heavy atom. The Morgan fingerprint density at radius 3 is 2.96 bits per heavy atom. The average molecular weight is 309 g/mol. The number of halogens is 1. The molecule has 118 valence electrons. The number of hydrogen-bond acceptors (Lipinski definition) is 2. The third-order valence-corrected chi connectivity index (χ3v) is 4.81. The van der Waals surface area contributed by atoms with Gasteiger partial charge in [0, 0.05) is 48.8 Å². The van der Waals surface area contributed by atoms with Gasteiger partial charge in [-0.1, -0.05) is 18.2 Å². The van der Waals surface area contributed by atoms with E-state index >= 15 is 0 Å². The molecule has 23 heavy (non-hydrogen) atoms. The zero-order chi connectivity index (χ0) is 15.8. The maximum Gasteiger partial charge on any atom is 0.144 e. The van der Waals surface area contributed by atoms with Gasteiger partial charge in [0.2, 0.25) is 0 Å². The maximum absolute atomic E-state index is 13.8. The second-order valence-electron chi connectivity index (χ2n) is 6.30. The summed E-state index contributed by atoms with van der Waals surface area (Å²) in [6.45, 7) is 2.87. The van der Waals surface area contributed by atoms with Crippen LogP contribution >= 0.6 is 0 Å². The van der Waals surface area contributed by atoms with E-state index in [-0.39, 0.29) is 5.82 Å². The highest BCUT2D eigenvalue weighted by molar-refractivity contribution is 5.85. The number of pyridine rings is 1. The molecule has 0 atom stereocenters. The molecule has 1 aromatic carbocycles. The van der Waals surface area contributed by atoms with Crippen molar-refractivity contribution in [1.82, 2.24) is 14.5 Å². The molecule has 3 heterocycles. The number of aromatic nitrogens is 2. The van der Waals surface area contributed by atoms with Crippen LogP contribution in [0.4, 0.5) is 4.39 Å². The monoisotopic (exact) mass is 309 g/mol. The van der Waals surface area contributed by atoms with Crippen LogP contribution in [-0.4, -0.2) is 28.0 Å². The number of rotatable bonds is 3. The van der Waals surface area contributed by atoms with Crippen LogP contribution in [0.1, 0.15) is 16.8 Å². The van der Waals surface area contributed by atoms with Gasteiger partial charge in [-0.15, -0.1) is 0 Å². The first-order chi connectivity index (χ1) is 11.2. The molecular weight excluding hydrogens is 289 g/mol. The summed E-state index contributed by atoms with van der Waals surface area (Å²) in [4.78, 5) is 6.19. The van der Waals surface area contributed by atoms with Crippen LogP contribution in [0.5, 0.6) is 0 Å². The van der Waals surface area contributed by atoms with Gasteiger partial charge in [0.25, 0.3) is 0 Å². The molecule has 1 aliphatic rings. The van der Waals surface area contributed by atoms with Gasteiger partial charge in [-0.05, 0) is 36.7 Å². The fourth-order valence-electron chi connectivity index (χ4n) is 3.63. The van der Waals surface area contributed by atoms with E-state index in [9.17, 15) is 4.39 Å². The lowest BCUT2D eigenvalue weighted by atomic mass is 10.1. The molecule has 2 aromatic heterocycles. The summed E-state index contributed by atoms with van der Waals surface area (Å²) < 4.78 is 16.2. The standard InChI is InChI=1S/C19H20FN3/c1-22-10-8-19-16(13-22)15-4-2-3-5-18(15)23(19)11-7-14-6-9-21-12-17(14)20/h2-6,9,12H,7-8,10-11,13H2,1H3. The quantitative estimate of drug-likeness (QED) is 0.739. The SMILES string of the molecule is CN1CCc2c(c3ccccc3n2CCc2ccncc2F)C1. The summed E-state index contributed by atoms with van der Waals surface area (Å²) in [5, 5.41) is 1.34. The van der Waals surface area contributed by atoms with E-state index in [0.29, 0.717) is 6.42 Å². The molecule has 3 aromatic rings. The summed E-state index contributed by atoms with van der Waals surface area (Å²) in [7, 11) is 2.17. The molecule has 1 aliphatic heterocycles. The Bertz CT molecular complexity index is 853. The summed E-state index contributed by atoms with van der Waals surface area (Å²) >= 11 is 0. The van der Waals surface area contributed by atoms with Crippen LogP contribution in [0, 0.1) is 5.82 Å². The number of benzene rings is 1. The van der Waals surface area contributed by atoms with Crippen LogP contribution in [0.3, 0.4) is 0 Å². The number of aryl methyl sites for hydroxylation is 2. The fourth-order valence-corrected chi connectivity index (χ4v) is 3.63. The molecule has 4 rings (SSSR count). The normalized spacial score (nSPS) is 15.0. The summed E-state index contributed by atoms with van der Waals surface area (Å²) in [5.41, 5.74) is 4.85. The smallest absolute Gasteiger partial charge is 0.144 e. The van der Waals surface area contributed by atoms with Crippen molar-refractivity contribution < 1.29 is 4.39 Å². The van der Waals surface area contributed by atoms with Gasteiger partial charge in [-0.3, -0.25) is 4.98 Å². The first kappa shape index (κ1) is 14.4. The van der Waals surface area contributed by atoms with Gasteiger partial charge in [-0.25, -0.2) is 4.39 Å². The van der Waals surface area contributed by atoms with E-state index in [4.69, 9.17) is 0 Å². The van der Waals surface area contributed by atoms with Gasteiger partial charge in [0.05, 0.1) is 6.20 Å². The molecule has 0 spiro atoms. The van der Waals surface area contributed by atoms with Crippen LogP contribution in [0.15, 0.2) is 42.7 Å².